The van der Waals surface area contributed by atoms with Crippen molar-refractivity contribution in [1.82, 2.24) is 0 Å². The van der Waals surface area contributed by atoms with Crippen LogP contribution in [0.3, 0.4) is 0 Å². The van der Waals surface area contributed by atoms with E-state index >= 15 is 0 Å². The van der Waals surface area contributed by atoms with Crippen molar-refractivity contribution in [3.8, 4) is 11.1 Å². The highest BCUT2D eigenvalue weighted by atomic mass is 32.2. The molecule has 0 unspecified atom stereocenters. The highest BCUT2D eigenvalue weighted by molar-refractivity contribution is 7.99. The van der Waals surface area contributed by atoms with E-state index in [2.05, 4.69) is 67.2 Å². The molecule has 0 amide bonds. The summed E-state index contributed by atoms with van der Waals surface area (Å²) in [7, 11) is 1.82. The van der Waals surface area contributed by atoms with Gasteiger partial charge in [0, 0.05) is 12.9 Å². The van der Waals surface area contributed by atoms with E-state index in [1.54, 1.807) is 0 Å². The van der Waals surface area contributed by atoms with Crippen molar-refractivity contribution in [2.45, 2.75) is 25.2 Å². The Bertz CT molecular complexity index is 590. The molecular weight excluding hydrogens is 288 g/mol. The number of unbranched alkanes of at least 4 members (excludes halogenated alkanes) is 1. The standard InChI is InChI=1S/C20H24OS/c1-3-4-13-22-15-20(14-21-2)18-11-7-5-9-16(18)17-10-6-8-12-19(17)20/h5-12H,3-4,13-15H2,1-2H3. The summed E-state index contributed by atoms with van der Waals surface area (Å²) in [6.45, 7) is 3.01. The normalized spacial score (nSPS) is 14.6. The zero-order valence-corrected chi connectivity index (χ0v) is 14.3. The van der Waals surface area contributed by atoms with Gasteiger partial charge in [0.05, 0.1) is 12.0 Å². The number of benzene rings is 2. The third-order valence-electron chi connectivity index (χ3n) is 4.56. The Hall–Kier alpha value is -1.25. The lowest BCUT2D eigenvalue weighted by molar-refractivity contribution is 0.159. The maximum Gasteiger partial charge on any atom is 0.0608 e. The largest absolute Gasteiger partial charge is 0.383 e. The van der Waals surface area contributed by atoms with Crippen LogP contribution < -0.4 is 0 Å². The number of methoxy groups -OCH3 is 1. The first-order valence-electron chi connectivity index (χ1n) is 8.09. The Morgan fingerprint density at radius 1 is 0.955 bits per heavy atom. The highest BCUT2D eigenvalue weighted by Gasteiger charge is 2.42. The molecule has 0 saturated carbocycles. The second-order valence-electron chi connectivity index (χ2n) is 6.01. The van der Waals surface area contributed by atoms with Gasteiger partial charge in [-0.25, -0.2) is 0 Å². The quantitative estimate of drug-likeness (QED) is 0.655. The Labute approximate surface area is 138 Å². The minimum Gasteiger partial charge on any atom is -0.383 e. The molecule has 1 aliphatic rings. The number of hydrogen-bond acceptors (Lipinski definition) is 2. The molecule has 116 valence electrons. The fourth-order valence-corrected chi connectivity index (χ4v) is 4.89. The van der Waals surface area contributed by atoms with Crippen LogP contribution in [0.5, 0.6) is 0 Å². The molecule has 0 aliphatic heterocycles. The predicted octanol–water partition coefficient (Wildman–Crippen LogP) is 5.13. The Morgan fingerprint density at radius 3 is 2.09 bits per heavy atom. The molecule has 0 spiro atoms. The van der Waals surface area contributed by atoms with Crippen LogP contribution in [0, 0.1) is 0 Å². The van der Waals surface area contributed by atoms with Crippen LogP contribution in [0.1, 0.15) is 30.9 Å². The van der Waals surface area contributed by atoms with Crippen LogP contribution in [0.4, 0.5) is 0 Å². The molecule has 2 aromatic carbocycles. The summed E-state index contributed by atoms with van der Waals surface area (Å²) in [5, 5.41) is 0. The second-order valence-corrected chi connectivity index (χ2v) is 7.12. The van der Waals surface area contributed by atoms with Gasteiger partial charge in [-0.05, 0) is 34.4 Å². The van der Waals surface area contributed by atoms with Crippen LogP contribution in [0.15, 0.2) is 48.5 Å². The molecular formula is C20H24OS. The van der Waals surface area contributed by atoms with E-state index in [0.29, 0.717) is 0 Å². The molecule has 0 aromatic heterocycles. The van der Waals surface area contributed by atoms with E-state index in [-0.39, 0.29) is 5.41 Å². The number of fused-ring (bicyclic) bond motifs is 3. The number of ether oxygens (including phenoxy) is 1. The first kappa shape index (κ1) is 15.6. The summed E-state index contributed by atoms with van der Waals surface area (Å²) < 4.78 is 5.69. The zero-order valence-electron chi connectivity index (χ0n) is 13.5. The maximum atomic E-state index is 5.69. The molecule has 1 aliphatic carbocycles. The predicted molar refractivity (Wildman–Crippen MR) is 96.8 cm³/mol. The monoisotopic (exact) mass is 312 g/mol. The van der Waals surface area contributed by atoms with Crippen LogP contribution in [0.25, 0.3) is 11.1 Å². The lowest BCUT2D eigenvalue weighted by Gasteiger charge is -2.31. The lowest BCUT2D eigenvalue weighted by Crippen LogP contribution is -2.33. The molecule has 2 heteroatoms. The van der Waals surface area contributed by atoms with Gasteiger partial charge in [-0.3, -0.25) is 0 Å². The smallest absolute Gasteiger partial charge is 0.0608 e. The molecule has 1 nitrogen and oxygen atoms in total. The van der Waals surface area contributed by atoms with Gasteiger partial charge < -0.3 is 4.74 Å². The maximum absolute atomic E-state index is 5.69. The van der Waals surface area contributed by atoms with Gasteiger partial charge in [0.1, 0.15) is 0 Å². The topological polar surface area (TPSA) is 9.23 Å². The van der Waals surface area contributed by atoms with Gasteiger partial charge >= 0.3 is 0 Å². The van der Waals surface area contributed by atoms with Crippen LogP contribution in [0.2, 0.25) is 0 Å². The third-order valence-corrected chi connectivity index (χ3v) is 5.83. The van der Waals surface area contributed by atoms with Crippen molar-refractivity contribution in [3.05, 3.63) is 59.7 Å². The molecule has 0 saturated heterocycles. The highest BCUT2D eigenvalue weighted by Crippen LogP contribution is 2.50. The van der Waals surface area contributed by atoms with Crippen LogP contribution >= 0.6 is 11.8 Å². The number of rotatable bonds is 7. The van der Waals surface area contributed by atoms with E-state index < -0.39 is 0 Å². The molecule has 0 heterocycles. The molecule has 3 rings (SSSR count). The van der Waals surface area contributed by atoms with Crippen molar-refractivity contribution in [2.75, 3.05) is 25.2 Å². The van der Waals surface area contributed by atoms with Gasteiger partial charge in [0.25, 0.3) is 0 Å². The van der Waals surface area contributed by atoms with Crippen LogP contribution in [-0.2, 0) is 10.2 Å². The van der Waals surface area contributed by atoms with Crippen molar-refractivity contribution in [2.24, 2.45) is 0 Å². The fourth-order valence-electron chi connectivity index (χ4n) is 3.51. The minimum absolute atomic E-state index is 0.000342. The summed E-state index contributed by atoms with van der Waals surface area (Å²) in [5.41, 5.74) is 5.63. The second kappa shape index (κ2) is 6.89. The van der Waals surface area contributed by atoms with Crippen molar-refractivity contribution in [3.63, 3.8) is 0 Å². The van der Waals surface area contributed by atoms with E-state index in [1.807, 2.05) is 7.11 Å². The van der Waals surface area contributed by atoms with Gasteiger partial charge in [0.15, 0.2) is 0 Å². The summed E-state index contributed by atoms with van der Waals surface area (Å²) in [6.07, 6.45) is 2.55. The van der Waals surface area contributed by atoms with Crippen molar-refractivity contribution < 1.29 is 4.74 Å². The van der Waals surface area contributed by atoms with Gasteiger partial charge in [-0.1, -0.05) is 61.9 Å². The third kappa shape index (κ3) is 2.59. The Kier molecular flexibility index (Phi) is 4.90. The van der Waals surface area contributed by atoms with Crippen molar-refractivity contribution >= 4 is 11.8 Å². The first-order chi connectivity index (χ1) is 10.8. The van der Waals surface area contributed by atoms with Gasteiger partial charge in [0.2, 0.25) is 0 Å². The fraction of sp³-hybridized carbons (Fsp3) is 0.400. The summed E-state index contributed by atoms with van der Waals surface area (Å²) in [6, 6.07) is 17.7. The lowest BCUT2D eigenvalue weighted by atomic mass is 9.81. The molecule has 0 atom stereocenters. The first-order valence-corrected chi connectivity index (χ1v) is 9.25. The molecule has 0 N–H and O–H groups in total. The van der Waals surface area contributed by atoms with Crippen LogP contribution in [-0.4, -0.2) is 25.2 Å². The Balaban J connectivity index is 2.04. The molecule has 0 radical (unpaired) electrons. The Morgan fingerprint density at radius 2 is 1.55 bits per heavy atom. The molecule has 0 bridgehead atoms. The number of thioether (sulfide) groups is 1. The summed E-state index contributed by atoms with van der Waals surface area (Å²) in [4.78, 5) is 0. The van der Waals surface area contributed by atoms with E-state index in [1.165, 1.54) is 40.8 Å². The van der Waals surface area contributed by atoms with Gasteiger partial charge in [-0.2, -0.15) is 11.8 Å². The average Bonchev–Trinajstić information content (AvgIpc) is 2.84. The van der Waals surface area contributed by atoms with Gasteiger partial charge in [-0.15, -0.1) is 0 Å². The van der Waals surface area contributed by atoms with E-state index in [4.69, 9.17) is 4.74 Å². The summed E-state index contributed by atoms with van der Waals surface area (Å²) in [5.74, 6) is 2.32. The minimum atomic E-state index is 0.000342. The van der Waals surface area contributed by atoms with E-state index in [9.17, 15) is 0 Å². The molecule has 0 fully saturated rings. The zero-order chi connectivity index (χ0) is 15.4. The SMILES string of the molecule is CCCCSCC1(COC)c2ccccc2-c2ccccc21. The van der Waals surface area contributed by atoms with Crippen molar-refractivity contribution in [1.29, 1.82) is 0 Å². The number of hydrogen-bond donors (Lipinski definition) is 0. The van der Waals surface area contributed by atoms with E-state index in [0.717, 1.165) is 12.4 Å². The average molecular weight is 312 g/mol. The summed E-state index contributed by atoms with van der Waals surface area (Å²) >= 11 is 2.06. The molecule has 22 heavy (non-hydrogen) atoms. The molecule has 2 aromatic rings.